The number of hydrogen-bond donors (Lipinski definition) is 1. The van der Waals surface area contributed by atoms with Crippen molar-refractivity contribution in [1.82, 2.24) is 4.90 Å². The zero-order chi connectivity index (χ0) is 17.0. The summed E-state index contributed by atoms with van der Waals surface area (Å²) in [5, 5.41) is 10.4. The van der Waals surface area contributed by atoms with E-state index in [1.54, 1.807) is 20.9 Å². The van der Waals surface area contributed by atoms with Crippen molar-refractivity contribution in [3.63, 3.8) is 0 Å². The smallest absolute Gasteiger partial charge is 0.410 e. The molecule has 0 radical (unpaired) electrons. The molecule has 1 rings (SSSR count). The average molecular weight is 317 g/mol. The van der Waals surface area contributed by atoms with Gasteiger partial charge < -0.3 is 24.2 Å². The minimum absolute atomic E-state index is 0.198. The number of ether oxygens (including phenoxy) is 3. The Morgan fingerprint density at radius 3 is 2.41 bits per heavy atom. The zero-order valence-electron chi connectivity index (χ0n) is 14.7. The van der Waals surface area contributed by atoms with E-state index in [4.69, 9.17) is 14.2 Å². The molecule has 1 aliphatic heterocycles. The molecule has 1 heterocycles. The Bertz CT molecular complexity index is 353. The van der Waals surface area contributed by atoms with Gasteiger partial charge in [-0.05, 0) is 53.9 Å². The number of carbonyl (C=O) groups is 1. The first-order chi connectivity index (χ1) is 10.0. The van der Waals surface area contributed by atoms with Gasteiger partial charge in [-0.25, -0.2) is 4.79 Å². The minimum Gasteiger partial charge on any atom is -0.444 e. The van der Waals surface area contributed by atoms with Crippen molar-refractivity contribution in [3.8, 4) is 0 Å². The van der Waals surface area contributed by atoms with E-state index in [0.717, 1.165) is 19.3 Å². The SMILES string of the molecule is CN(C(=O)OC(C)(C)C)[C@H](COC1CCCCO1)C(C)(C)O. The largest absolute Gasteiger partial charge is 0.444 e. The Morgan fingerprint density at radius 1 is 1.32 bits per heavy atom. The highest BCUT2D eigenvalue weighted by Crippen LogP contribution is 2.21. The molecule has 22 heavy (non-hydrogen) atoms. The molecule has 130 valence electrons. The van der Waals surface area contributed by atoms with Crippen LogP contribution >= 0.6 is 0 Å². The number of rotatable bonds is 5. The molecule has 1 saturated heterocycles. The van der Waals surface area contributed by atoms with E-state index < -0.39 is 23.3 Å². The first kappa shape index (κ1) is 19.2. The van der Waals surface area contributed by atoms with E-state index in [1.807, 2.05) is 20.8 Å². The number of nitrogens with zero attached hydrogens (tertiary/aromatic N) is 1. The lowest BCUT2D eigenvalue weighted by Gasteiger charge is -2.38. The average Bonchev–Trinajstić information content (AvgIpc) is 2.36. The molecule has 6 nitrogen and oxygen atoms in total. The summed E-state index contributed by atoms with van der Waals surface area (Å²) in [6, 6.07) is -0.520. The fraction of sp³-hybridized carbons (Fsp3) is 0.938. The maximum atomic E-state index is 12.2. The second-order valence-corrected chi connectivity index (χ2v) is 7.39. The standard InChI is InChI=1S/C16H31NO5/c1-15(2,3)22-14(18)17(6)12(16(4,5)19)11-21-13-9-7-8-10-20-13/h12-13,19H,7-11H2,1-6H3/t12-,13?/m1/s1. The van der Waals surface area contributed by atoms with Crippen molar-refractivity contribution in [2.24, 2.45) is 0 Å². The van der Waals surface area contributed by atoms with E-state index in [0.29, 0.717) is 6.61 Å². The first-order valence-corrected chi connectivity index (χ1v) is 7.92. The summed E-state index contributed by atoms with van der Waals surface area (Å²) < 4.78 is 16.6. The number of likely N-dealkylation sites (N-methyl/N-ethyl adjacent to an activating group) is 1. The maximum Gasteiger partial charge on any atom is 0.410 e. The number of hydrogen-bond acceptors (Lipinski definition) is 5. The van der Waals surface area contributed by atoms with Gasteiger partial charge in [0.15, 0.2) is 6.29 Å². The van der Waals surface area contributed by atoms with Crippen LogP contribution in [0.3, 0.4) is 0 Å². The molecule has 0 saturated carbocycles. The lowest BCUT2D eigenvalue weighted by atomic mass is 9.98. The second-order valence-electron chi connectivity index (χ2n) is 7.39. The van der Waals surface area contributed by atoms with Crippen LogP contribution in [0.1, 0.15) is 53.9 Å². The Hall–Kier alpha value is -0.850. The summed E-state index contributed by atoms with van der Waals surface area (Å²) in [6.07, 6.45) is 2.22. The summed E-state index contributed by atoms with van der Waals surface area (Å²) in [5.74, 6) is 0. The third-order valence-corrected chi connectivity index (χ3v) is 3.54. The molecule has 0 aliphatic carbocycles. The number of carbonyl (C=O) groups excluding carboxylic acids is 1. The number of amides is 1. The third kappa shape index (κ3) is 6.50. The van der Waals surface area contributed by atoms with Crippen LogP contribution in [-0.2, 0) is 14.2 Å². The first-order valence-electron chi connectivity index (χ1n) is 7.92. The molecule has 1 amide bonds. The van der Waals surface area contributed by atoms with Gasteiger partial charge >= 0.3 is 6.09 Å². The van der Waals surface area contributed by atoms with Crippen LogP contribution in [0.25, 0.3) is 0 Å². The van der Waals surface area contributed by atoms with Crippen LogP contribution in [0.15, 0.2) is 0 Å². The van der Waals surface area contributed by atoms with Crippen LogP contribution < -0.4 is 0 Å². The number of aliphatic hydroxyl groups is 1. The Labute approximate surface area is 133 Å². The summed E-state index contributed by atoms with van der Waals surface area (Å²) in [4.78, 5) is 13.6. The third-order valence-electron chi connectivity index (χ3n) is 3.54. The van der Waals surface area contributed by atoms with Crippen molar-refractivity contribution in [3.05, 3.63) is 0 Å². The topological polar surface area (TPSA) is 68.2 Å². The monoisotopic (exact) mass is 317 g/mol. The molecule has 1 N–H and O–H groups in total. The normalized spacial score (nSPS) is 21.3. The molecule has 1 aliphatic rings. The molecule has 0 bridgehead atoms. The highest BCUT2D eigenvalue weighted by atomic mass is 16.7. The predicted molar refractivity (Wildman–Crippen MR) is 83.6 cm³/mol. The van der Waals surface area contributed by atoms with Crippen molar-refractivity contribution < 1.29 is 24.1 Å². The van der Waals surface area contributed by atoms with Crippen molar-refractivity contribution in [2.45, 2.75) is 77.4 Å². The molecule has 0 aromatic carbocycles. The molecule has 0 spiro atoms. The van der Waals surface area contributed by atoms with Gasteiger partial charge in [0.2, 0.25) is 0 Å². The van der Waals surface area contributed by atoms with Crippen LogP contribution in [0.2, 0.25) is 0 Å². The molecule has 2 atom stereocenters. The van der Waals surface area contributed by atoms with Crippen molar-refractivity contribution in [2.75, 3.05) is 20.3 Å². The summed E-state index contributed by atoms with van der Waals surface area (Å²) in [6.45, 7) is 9.63. The van der Waals surface area contributed by atoms with Gasteiger partial charge in [-0.15, -0.1) is 0 Å². The molecule has 0 aromatic heterocycles. The highest BCUT2D eigenvalue weighted by Gasteiger charge is 2.36. The van der Waals surface area contributed by atoms with E-state index in [1.165, 1.54) is 4.90 Å². The summed E-state index contributed by atoms with van der Waals surface area (Å²) >= 11 is 0. The lowest BCUT2D eigenvalue weighted by Crippen LogP contribution is -2.54. The van der Waals surface area contributed by atoms with Gasteiger partial charge in [-0.2, -0.15) is 0 Å². The Kier molecular flexibility index (Phi) is 6.65. The van der Waals surface area contributed by atoms with Gasteiger partial charge in [-0.3, -0.25) is 0 Å². The van der Waals surface area contributed by atoms with E-state index in [2.05, 4.69) is 0 Å². The molecular formula is C16H31NO5. The van der Waals surface area contributed by atoms with Crippen LogP contribution in [-0.4, -0.2) is 59.9 Å². The highest BCUT2D eigenvalue weighted by molar-refractivity contribution is 5.68. The van der Waals surface area contributed by atoms with Gasteiger partial charge in [-0.1, -0.05) is 0 Å². The fourth-order valence-electron chi connectivity index (χ4n) is 2.29. The van der Waals surface area contributed by atoms with Crippen molar-refractivity contribution >= 4 is 6.09 Å². The van der Waals surface area contributed by atoms with Gasteiger partial charge in [0.1, 0.15) is 5.60 Å². The van der Waals surface area contributed by atoms with Gasteiger partial charge in [0, 0.05) is 13.7 Å². The molecule has 0 aromatic rings. The molecule has 6 heteroatoms. The van der Waals surface area contributed by atoms with Crippen LogP contribution in [0, 0.1) is 0 Å². The second kappa shape index (κ2) is 7.62. The molecular weight excluding hydrogens is 286 g/mol. The Morgan fingerprint density at radius 2 is 1.95 bits per heavy atom. The Balaban J connectivity index is 2.65. The minimum atomic E-state index is -1.11. The van der Waals surface area contributed by atoms with Gasteiger partial charge in [0.05, 0.1) is 18.2 Å². The van der Waals surface area contributed by atoms with Crippen LogP contribution in [0.5, 0.6) is 0 Å². The molecule has 1 fully saturated rings. The van der Waals surface area contributed by atoms with E-state index >= 15 is 0 Å². The fourth-order valence-corrected chi connectivity index (χ4v) is 2.29. The zero-order valence-corrected chi connectivity index (χ0v) is 14.7. The summed E-state index contributed by atoms with van der Waals surface area (Å²) in [5.41, 5.74) is -1.69. The van der Waals surface area contributed by atoms with Gasteiger partial charge in [0.25, 0.3) is 0 Å². The molecule has 1 unspecified atom stereocenters. The van der Waals surface area contributed by atoms with E-state index in [-0.39, 0.29) is 12.9 Å². The van der Waals surface area contributed by atoms with Crippen molar-refractivity contribution in [1.29, 1.82) is 0 Å². The quantitative estimate of drug-likeness (QED) is 0.844. The maximum absolute atomic E-state index is 12.2. The predicted octanol–water partition coefficient (Wildman–Crippen LogP) is 2.54. The summed E-state index contributed by atoms with van der Waals surface area (Å²) in [7, 11) is 1.61. The van der Waals surface area contributed by atoms with E-state index in [9.17, 15) is 9.90 Å². The van der Waals surface area contributed by atoms with Crippen LogP contribution in [0.4, 0.5) is 4.79 Å². The lowest BCUT2D eigenvalue weighted by molar-refractivity contribution is -0.180.